The van der Waals surface area contributed by atoms with Crippen LogP contribution < -0.4 is 10.6 Å². The Hall–Kier alpha value is -1.71. The summed E-state index contributed by atoms with van der Waals surface area (Å²) in [6.07, 6.45) is 20.3. The third kappa shape index (κ3) is 27.8. The van der Waals surface area contributed by atoms with Gasteiger partial charge in [-0.25, -0.2) is 0 Å². The van der Waals surface area contributed by atoms with Crippen molar-refractivity contribution in [2.75, 3.05) is 46.2 Å². The first-order valence-electron chi connectivity index (χ1n) is 16.0. The topological polar surface area (TPSA) is 123 Å². The second-order valence-corrected chi connectivity index (χ2v) is 10.6. The molecule has 236 valence electrons. The molecule has 0 unspecified atom stereocenters. The number of carbonyl (C=O) groups is 3. The highest BCUT2D eigenvalue weighted by atomic mass is 16.5. The number of hydrogen-bond donors (Lipinski definition) is 3. The first-order chi connectivity index (χ1) is 19.5. The highest BCUT2D eigenvalue weighted by Gasteiger charge is 2.23. The third-order valence-electron chi connectivity index (χ3n) is 6.73. The Labute approximate surface area is 243 Å². The van der Waals surface area contributed by atoms with Gasteiger partial charge in [0.05, 0.1) is 32.8 Å². The van der Waals surface area contributed by atoms with Gasteiger partial charge in [-0.2, -0.15) is 0 Å². The molecule has 0 rings (SSSR count). The fraction of sp³-hybridized carbons (Fsp3) is 0.903. The lowest BCUT2D eigenvalue weighted by molar-refractivity contribution is -0.141. The fourth-order valence-corrected chi connectivity index (χ4v) is 4.33. The number of aliphatic carboxylic acids is 1. The Bertz CT molecular complexity index is 604. The van der Waals surface area contributed by atoms with Crippen LogP contribution in [0.3, 0.4) is 0 Å². The molecule has 0 aromatic carbocycles. The van der Waals surface area contributed by atoms with Gasteiger partial charge in [-0.3, -0.25) is 14.4 Å². The molecule has 0 aliphatic rings. The third-order valence-corrected chi connectivity index (χ3v) is 6.73. The number of carboxylic acids is 1. The molecule has 0 saturated carbocycles. The van der Waals surface area contributed by atoms with E-state index in [1.54, 1.807) is 0 Å². The van der Waals surface area contributed by atoms with E-state index >= 15 is 0 Å². The summed E-state index contributed by atoms with van der Waals surface area (Å²) in [5, 5.41) is 14.4. The Morgan fingerprint density at radius 2 is 1.05 bits per heavy atom. The molecule has 0 aliphatic carbocycles. The van der Waals surface area contributed by atoms with E-state index in [4.69, 9.17) is 19.3 Å². The molecule has 0 saturated heterocycles. The summed E-state index contributed by atoms with van der Waals surface area (Å²) in [4.78, 5) is 35.8. The Morgan fingerprint density at radius 3 is 1.57 bits per heavy atom. The van der Waals surface area contributed by atoms with Crippen molar-refractivity contribution in [1.82, 2.24) is 10.6 Å². The number of amides is 2. The smallest absolute Gasteiger partial charge is 0.305 e. The van der Waals surface area contributed by atoms with Crippen molar-refractivity contribution in [2.24, 2.45) is 0 Å². The van der Waals surface area contributed by atoms with E-state index in [1.807, 2.05) is 0 Å². The summed E-state index contributed by atoms with van der Waals surface area (Å²) in [6, 6.07) is -1.12. The average Bonchev–Trinajstić information content (AvgIpc) is 2.93. The first-order valence-corrected chi connectivity index (χ1v) is 16.0. The summed E-state index contributed by atoms with van der Waals surface area (Å²) in [7, 11) is 0. The zero-order chi connectivity index (χ0) is 29.5. The minimum atomic E-state index is -1.15. The molecule has 9 nitrogen and oxygen atoms in total. The SMILES string of the molecule is CCCCCCCCCCCCCCNC(=O)[C@H](CC(=O)O)NC(=O)COCCOCCOCCCCCCC. The zero-order valence-electron chi connectivity index (χ0n) is 25.7. The van der Waals surface area contributed by atoms with E-state index in [-0.39, 0.29) is 13.2 Å². The average molecular weight is 573 g/mol. The van der Waals surface area contributed by atoms with Gasteiger partial charge >= 0.3 is 5.97 Å². The molecule has 0 fully saturated rings. The molecule has 9 heteroatoms. The summed E-state index contributed by atoms with van der Waals surface area (Å²) in [5.74, 6) is -2.16. The number of unbranched alkanes of at least 4 members (excludes halogenated alkanes) is 15. The molecule has 1 atom stereocenters. The van der Waals surface area contributed by atoms with Gasteiger partial charge in [0.15, 0.2) is 0 Å². The predicted octanol–water partition coefficient (Wildman–Crippen LogP) is 5.78. The van der Waals surface area contributed by atoms with Gasteiger partial charge in [-0.05, 0) is 12.8 Å². The Morgan fingerprint density at radius 1 is 0.600 bits per heavy atom. The summed E-state index contributed by atoms with van der Waals surface area (Å²) in [5.41, 5.74) is 0. The molecule has 3 N–H and O–H groups in total. The van der Waals surface area contributed by atoms with E-state index in [0.29, 0.717) is 26.4 Å². The van der Waals surface area contributed by atoms with E-state index in [0.717, 1.165) is 32.3 Å². The first kappa shape index (κ1) is 38.3. The lowest BCUT2D eigenvalue weighted by Gasteiger charge is -2.17. The summed E-state index contributed by atoms with van der Waals surface area (Å²) < 4.78 is 16.2. The van der Waals surface area contributed by atoms with Gasteiger partial charge in [-0.1, -0.05) is 110 Å². The molecular weight excluding hydrogens is 512 g/mol. The van der Waals surface area contributed by atoms with Crippen LogP contribution in [0.2, 0.25) is 0 Å². The number of nitrogens with one attached hydrogen (secondary N) is 2. The summed E-state index contributed by atoms with van der Waals surface area (Å²) in [6.45, 7) is 6.92. The molecule has 2 amide bonds. The molecule has 0 radical (unpaired) electrons. The zero-order valence-corrected chi connectivity index (χ0v) is 25.7. The molecule has 0 aliphatic heterocycles. The monoisotopic (exact) mass is 572 g/mol. The van der Waals surface area contributed by atoms with Crippen molar-refractivity contribution in [2.45, 2.75) is 135 Å². The van der Waals surface area contributed by atoms with Gasteiger partial charge in [0.25, 0.3) is 0 Å². The highest BCUT2D eigenvalue weighted by Crippen LogP contribution is 2.11. The van der Waals surface area contributed by atoms with Crippen LogP contribution in [0.25, 0.3) is 0 Å². The van der Waals surface area contributed by atoms with Crippen LogP contribution in [0.15, 0.2) is 0 Å². The number of carboxylic acid groups (broad SMARTS) is 1. The lowest BCUT2D eigenvalue weighted by Crippen LogP contribution is -2.49. The maximum atomic E-state index is 12.4. The summed E-state index contributed by atoms with van der Waals surface area (Å²) >= 11 is 0. The van der Waals surface area contributed by atoms with Gasteiger partial charge in [-0.15, -0.1) is 0 Å². The number of rotatable bonds is 31. The van der Waals surface area contributed by atoms with Crippen molar-refractivity contribution in [3.8, 4) is 0 Å². The molecule has 0 bridgehead atoms. The van der Waals surface area contributed by atoms with Crippen molar-refractivity contribution in [3.05, 3.63) is 0 Å². The van der Waals surface area contributed by atoms with Crippen molar-refractivity contribution >= 4 is 17.8 Å². The number of ether oxygens (including phenoxy) is 3. The normalized spacial score (nSPS) is 11.8. The second-order valence-electron chi connectivity index (χ2n) is 10.6. The number of hydrogen-bond acceptors (Lipinski definition) is 6. The van der Waals surface area contributed by atoms with E-state index in [2.05, 4.69) is 24.5 Å². The quantitative estimate of drug-likeness (QED) is 0.0900. The van der Waals surface area contributed by atoms with Crippen LogP contribution in [0.1, 0.15) is 129 Å². The largest absolute Gasteiger partial charge is 0.481 e. The molecular formula is C31H60N2O7. The molecule has 0 aromatic rings. The molecule has 40 heavy (non-hydrogen) atoms. The standard InChI is InChI=1S/C31H60N2O7/c1-3-5-7-9-10-11-12-13-14-15-16-18-20-32-31(37)28(26-30(35)36)33-29(34)27-40-25-24-39-23-22-38-21-19-17-8-6-4-2/h28H,3-27H2,1-2H3,(H,32,37)(H,33,34)(H,35,36)/t28-/m0/s1. The second kappa shape index (κ2) is 30.3. The van der Waals surface area contributed by atoms with Gasteiger partial charge < -0.3 is 30.0 Å². The van der Waals surface area contributed by atoms with Crippen LogP contribution >= 0.6 is 0 Å². The maximum Gasteiger partial charge on any atom is 0.305 e. The van der Waals surface area contributed by atoms with Gasteiger partial charge in [0, 0.05) is 13.2 Å². The van der Waals surface area contributed by atoms with E-state index < -0.39 is 30.2 Å². The van der Waals surface area contributed by atoms with E-state index in [9.17, 15) is 14.4 Å². The van der Waals surface area contributed by atoms with Crippen molar-refractivity contribution in [1.29, 1.82) is 0 Å². The highest BCUT2D eigenvalue weighted by molar-refractivity contribution is 5.90. The van der Waals surface area contributed by atoms with Gasteiger partial charge in [0.2, 0.25) is 11.8 Å². The fourth-order valence-electron chi connectivity index (χ4n) is 4.33. The van der Waals surface area contributed by atoms with Crippen molar-refractivity contribution < 1.29 is 33.7 Å². The Balaban J connectivity index is 3.79. The minimum Gasteiger partial charge on any atom is -0.481 e. The van der Waals surface area contributed by atoms with Crippen molar-refractivity contribution in [3.63, 3.8) is 0 Å². The van der Waals surface area contributed by atoms with Crippen LogP contribution in [0, 0.1) is 0 Å². The van der Waals surface area contributed by atoms with Crippen LogP contribution in [0.4, 0.5) is 0 Å². The Kier molecular flexibility index (Phi) is 29.0. The van der Waals surface area contributed by atoms with Crippen LogP contribution in [-0.4, -0.2) is 75.1 Å². The van der Waals surface area contributed by atoms with Gasteiger partial charge in [0.1, 0.15) is 12.6 Å². The van der Waals surface area contributed by atoms with Crippen LogP contribution in [0.5, 0.6) is 0 Å². The molecule has 0 aromatic heterocycles. The number of carbonyl (C=O) groups excluding carboxylic acids is 2. The predicted molar refractivity (Wildman–Crippen MR) is 159 cm³/mol. The maximum absolute atomic E-state index is 12.4. The lowest BCUT2D eigenvalue weighted by atomic mass is 10.1. The van der Waals surface area contributed by atoms with E-state index in [1.165, 1.54) is 83.5 Å². The van der Waals surface area contributed by atoms with Crippen LogP contribution in [-0.2, 0) is 28.6 Å². The minimum absolute atomic E-state index is 0.221. The molecule has 0 spiro atoms. The molecule has 0 heterocycles.